The van der Waals surface area contributed by atoms with E-state index in [1.807, 2.05) is 0 Å². The number of hydrogen-bond acceptors (Lipinski definition) is 1. The Bertz CT molecular complexity index is 396. The molecular formula is C16H24ClN. The maximum atomic E-state index is 5.89. The number of alkyl halides is 1. The molecule has 0 saturated heterocycles. The van der Waals surface area contributed by atoms with E-state index in [0.717, 1.165) is 12.0 Å². The summed E-state index contributed by atoms with van der Waals surface area (Å²) < 4.78 is 0. The number of aryl methyl sites for hydroxylation is 1. The smallest absolute Gasteiger partial charge is 0.0474 e. The van der Waals surface area contributed by atoms with Gasteiger partial charge in [0.15, 0.2) is 0 Å². The molecule has 0 unspecified atom stereocenters. The van der Waals surface area contributed by atoms with Crippen molar-refractivity contribution in [2.45, 2.75) is 52.0 Å². The number of hydrogen-bond donors (Lipinski definition) is 0. The predicted octanol–water partition coefficient (Wildman–Crippen LogP) is 4.75. The van der Waals surface area contributed by atoms with Gasteiger partial charge in [-0.3, -0.25) is 0 Å². The molecular weight excluding hydrogens is 242 g/mol. The molecule has 1 aliphatic carbocycles. The first-order valence-corrected chi connectivity index (χ1v) is 7.57. The van der Waals surface area contributed by atoms with Crippen LogP contribution in [-0.4, -0.2) is 12.6 Å². The van der Waals surface area contributed by atoms with Crippen LogP contribution < -0.4 is 4.90 Å². The second kappa shape index (κ2) is 5.97. The minimum Gasteiger partial charge on any atom is -0.368 e. The first kappa shape index (κ1) is 13.7. The molecule has 1 fully saturated rings. The van der Waals surface area contributed by atoms with Gasteiger partial charge in [-0.15, -0.1) is 11.6 Å². The van der Waals surface area contributed by atoms with E-state index in [9.17, 15) is 0 Å². The van der Waals surface area contributed by atoms with Crippen molar-refractivity contribution in [1.82, 2.24) is 0 Å². The SMILES string of the molecule is Cc1cc(CCl)ccc1N(CCC(C)C)C1CC1. The van der Waals surface area contributed by atoms with Crippen molar-refractivity contribution >= 4 is 17.3 Å². The molecule has 2 heteroatoms. The van der Waals surface area contributed by atoms with Crippen LogP contribution in [0.15, 0.2) is 18.2 Å². The molecule has 1 saturated carbocycles. The molecule has 0 amide bonds. The summed E-state index contributed by atoms with van der Waals surface area (Å²) in [4.78, 5) is 2.60. The van der Waals surface area contributed by atoms with Gasteiger partial charge in [-0.2, -0.15) is 0 Å². The first-order valence-electron chi connectivity index (χ1n) is 7.04. The molecule has 1 aromatic carbocycles. The van der Waals surface area contributed by atoms with Crippen LogP contribution in [0.4, 0.5) is 5.69 Å². The fourth-order valence-corrected chi connectivity index (χ4v) is 2.57. The summed E-state index contributed by atoms with van der Waals surface area (Å²) >= 11 is 5.89. The Hall–Kier alpha value is -0.690. The third-order valence-corrected chi connectivity index (χ3v) is 3.97. The van der Waals surface area contributed by atoms with Crippen LogP contribution >= 0.6 is 11.6 Å². The number of halogens is 1. The van der Waals surface area contributed by atoms with E-state index in [-0.39, 0.29) is 0 Å². The lowest BCUT2D eigenvalue weighted by Gasteiger charge is -2.27. The summed E-state index contributed by atoms with van der Waals surface area (Å²) in [5.74, 6) is 1.38. The molecule has 0 aromatic heterocycles. The van der Waals surface area contributed by atoms with Crippen LogP contribution in [0.5, 0.6) is 0 Å². The summed E-state index contributed by atoms with van der Waals surface area (Å²) in [7, 11) is 0. The fraction of sp³-hybridized carbons (Fsp3) is 0.625. The molecule has 0 bridgehead atoms. The quantitative estimate of drug-likeness (QED) is 0.671. The molecule has 0 aliphatic heterocycles. The third kappa shape index (κ3) is 3.41. The van der Waals surface area contributed by atoms with Gasteiger partial charge >= 0.3 is 0 Å². The number of nitrogens with zero attached hydrogens (tertiary/aromatic N) is 1. The highest BCUT2D eigenvalue weighted by molar-refractivity contribution is 6.17. The van der Waals surface area contributed by atoms with Gasteiger partial charge in [-0.1, -0.05) is 26.0 Å². The topological polar surface area (TPSA) is 3.24 Å². The van der Waals surface area contributed by atoms with E-state index in [4.69, 9.17) is 11.6 Å². The highest BCUT2D eigenvalue weighted by Gasteiger charge is 2.29. The minimum absolute atomic E-state index is 0.608. The largest absolute Gasteiger partial charge is 0.368 e. The summed E-state index contributed by atoms with van der Waals surface area (Å²) in [5, 5.41) is 0. The van der Waals surface area contributed by atoms with Crippen LogP contribution in [-0.2, 0) is 5.88 Å². The number of rotatable bonds is 6. The normalized spacial score (nSPS) is 15.2. The highest BCUT2D eigenvalue weighted by atomic mass is 35.5. The van der Waals surface area contributed by atoms with Gasteiger partial charge in [0.05, 0.1) is 0 Å². The molecule has 100 valence electrons. The summed E-state index contributed by atoms with van der Waals surface area (Å²) in [5.41, 5.74) is 3.99. The standard InChI is InChI=1S/C16H24ClN/c1-12(2)8-9-18(15-5-6-15)16-7-4-14(11-17)10-13(16)3/h4,7,10,12,15H,5-6,8-9,11H2,1-3H3. The molecule has 1 nitrogen and oxygen atoms in total. The Morgan fingerprint density at radius 3 is 2.56 bits per heavy atom. The van der Waals surface area contributed by atoms with E-state index >= 15 is 0 Å². The maximum absolute atomic E-state index is 5.89. The van der Waals surface area contributed by atoms with Gasteiger partial charge < -0.3 is 4.90 Å². The average molecular weight is 266 g/mol. The highest BCUT2D eigenvalue weighted by Crippen LogP contribution is 2.34. The van der Waals surface area contributed by atoms with Gasteiger partial charge in [-0.25, -0.2) is 0 Å². The van der Waals surface area contributed by atoms with Crippen LogP contribution in [0.25, 0.3) is 0 Å². The lowest BCUT2D eigenvalue weighted by Crippen LogP contribution is -2.28. The molecule has 0 radical (unpaired) electrons. The lowest BCUT2D eigenvalue weighted by atomic mass is 10.1. The summed E-state index contributed by atoms with van der Waals surface area (Å²) in [6.07, 6.45) is 3.98. The fourth-order valence-electron chi connectivity index (χ4n) is 2.41. The zero-order chi connectivity index (χ0) is 13.1. The molecule has 1 aliphatic rings. The molecule has 1 aromatic rings. The summed E-state index contributed by atoms with van der Waals surface area (Å²) in [6.45, 7) is 7.99. The van der Waals surface area contributed by atoms with Crippen molar-refractivity contribution in [2.24, 2.45) is 5.92 Å². The first-order chi connectivity index (χ1) is 8.61. The van der Waals surface area contributed by atoms with Crippen molar-refractivity contribution in [3.05, 3.63) is 29.3 Å². The van der Waals surface area contributed by atoms with Crippen LogP contribution in [0.3, 0.4) is 0 Å². The number of anilines is 1. The molecule has 0 atom stereocenters. The van der Waals surface area contributed by atoms with E-state index in [0.29, 0.717) is 5.88 Å². The van der Waals surface area contributed by atoms with Crippen LogP contribution in [0, 0.1) is 12.8 Å². The Balaban J connectivity index is 2.14. The van der Waals surface area contributed by atoms with E-state index in [2.05, 4.69) is 43.9 Å². The van der Waals surface area contributed by atoms with Gasteiger partial charge in [0, 0.05) is 24.2 Å². The Kier molecular flexibility index (Phi) is 4.55. The van der Waals surface area contributed by atoms with Gasteiger partial charge in [0.1, 0.15) is 0 Å². The van der Waals surface area contributed by atoms with Crippen LogP contribution in [0.2, 0.25) is 0 Å². The Labute approximate surface area is 116 Å². The van der Waals surface area contributed by atoms with E-state index in [1.165, 1.54) is 42.6 Å². The van der Waals surface area contributed by atoms with Gasteiger partial charge in [-0.05, 0) is 49.3 Å². The molecule has 0 heterocycles. The lowest BCUT2D eigenvalue weighted by molar-refractivity contribution is 0.570. The predicted molar refractivity (Wildman–Crippen MR) is 80.6 cm³/mol. The Morgan fingerprint density at radius 2 is 2.06 bits per heavy atom. The van der Waals surface area contributed by atoms with Gasteiger partial charge in [0.25, 0.3) is 0 Å². The monoisotopic (exact) mass is 265 g/mol. The number of benzene rings is 1. The van der Waals surface area contributed by atoms with Crippen molar-refractivity contribution in [3.63, 3.8) is 0 Å². The van der Waals surface area contributed by atoms with E-state index in [1.54, 1.807) is 0 Å². The molecule has 2 rings (SSSR count). The van der Waals surface area contributed by atoms with Crippen molar-refractivity contribution in [2.75, 3.05) is 11.4 Å². The second-order valence-electron chi connectivity index (χ2n) is 5.86. The molecule has 0 spiro atoms. The third-order valence-electron chi connectivity index (χ3n) is 3.66. The summed E-state index contributed by atoms with van der Waals surface area (Å²) in [6, 6.07) is 7.43. The van der Waals surface area contributed by atoms with Crippen LogP contribution in [0.1, 0.15) is 44.2 Å². The zero-order valence-corrected chi connectivity index (χ0v) is 12.5. The van der Waals surface area contributed by atoms with E-state index < -0.39 is 0 Å². The van der Waals surface area contributed by atoms with Gasteiger partial charge in [0.2, 0.25) is 0 Å². The molecule has 0 N–H and O–H groups in total. The Morgan fingerprint density at radius 1 is 1.33 bits per heavy atom. The maximum Gasteiger partial charge on any atom is 0.0474 e. The van der Waals surface area contributed by atoms with Crippen molar-refractivity contribution in [1.29, 1.82) is 0 Å². The second-order valence-corrected chi connectivity index (χ2v) is 6.13. The van der Waals surface area contributed by atoms with Crippen molar-refractivity contribution < 1.29 is 0 Å². The van der Waals surface area contributed by atoms with Crippen molar-refractivity contribution in [3.8, 4) is 0 Å². The average Bonchev–Trinajstić information content (AvgIpc) is 3.15. The molecule has 18 heavy (non-hydrogen) atoms. The zero-order valence-electron chi connectivity index (χ0n) is 11.7. The minimum atomic E-state index is 0.608.